The van der Waals surface area contributed by atoms with Gasteiger partial charge in [0.2, 0.25) is 0 Å². The van der Waals surface area contributed by atoms with Crippen molar-refractivity contribution in [2.45, 2.75) is 38.4 Å². The Morgan fingerprint density at radius 2 is 1.53 bits per heavy atom. The van der Waals surface area contributed by atoms with Crippen LogP contribution in [0.2, 0.25) is 0 Å². The van der Waals surface area contributed by atoms with E-state index in [9.17, 15) is 5.11 Å². The minimum Gasteiger partial charge on any atom is -0.508 e. The Bertz CT molecular complexity index is 924. The van der Waals surface area contributed by atoms with Crippen molar-refractivity contribution < 1.29 is 5.11 Å². The molecular formula is C27H32N2O. The summed E-state index contributed by atoms with van der Waals surface area (Å²) >= 11 is 0. The van der Waals surface area contributed by atoms with Crippen molar-refractivity contribution in [3.63, 3.8) is 0 Å². The van der Waals surface area contributed by atoms with E-state index < -0.39 is 0 Å². The van der Waals surface area contributed by atoms with Gasteiger partial charge in [0.15, 0.2) is 0 Å². The van der Waals surface area contributed by atoms with Crippen LogP contribution in [0.15, 0.2) is 85.4 Å². The van der Waals surface area contributed by atoms with Crippen LogP contribution in [-0.2, 0) is 19.5 Å². The molecule has 3 nitrogen and oxygen atoms in total. The lowest BCUT2D eigenvalue weighted by atomic mass is 9.90. The first-order valence-corrected chi connectivity index (χ1v) is 10.6. The molecule has 3 heteroatoms. The lowest BCUT2D eigenvalue weighted by Crippen LogP contribution is -2.50. The molecule has 3 rings (SSSR count). The van der Waals surface area contributed by atoms with Gasteiger partial charge in [-0.15, -0.1) is 0 Å². The summed E-state index contributed by atoms with van der Waals surface area (Å²) in [6, 6.07) is 26.5. The highest BCUT2D eigenvalue weighted by Crippen LogP contribution is 2.22. The van der Waals surface area contributed by atoms with E-state index in [1.165, 1.54) is 11.1 Å². The molecule has 0 saturated carbocycles. The van der Waals surface area contributed by atoms with E-state index in [1.54, 1.807) is 6.07 Å². The van der Waals surface area contributed by atoms with Crippen molar-refractivity contribution in [3.05, 3.63) is 108 Å². The van der Waals surface area contributed by atoms with Crippen molar-refractivity contribution in [2.24, 2.45) is 0 Å². The van der Waals surface area contributed by atoms with E-state index in [2.05, 4.69) is 72.7 Å². The molecule has 1 atom stereocenters. The zero-order chi connectivity index (χ0) is 21.2. The topological polar surface area (TPSA) is 44.3 Å². The Hall–Kier alpha value is -2.88. The molecular weight excluding hydrogens is 368 g/mol. The van der Waals surface area contributed by atoms with Crippen molar-refractivity contribution in [1.29, 1.82) is 0 Å². The average molecular weight is 401 g/mol. The number of phenolic OH excluding ortho intramolecular Hbond substituents is 1. The molecule has 0 saturated heterocycles. The van der Waals surface area contributed by atoms with E-state index in [0.717, 1.165) is 43.6 Å². The summed E-state index contributed by atoms with van der Waals surface area (Å²) in [7, 11) is 0. The van der Waals surface area contributed by atoms with Gasteiger partial charge in [0.25, 0.3) is 0 Å². The summed E-state index contributed by atoms with van der Waals surface area (Å²) in [6.07, 6.45) is 3.66. The molecule has 0 aliphatic rings. The van der Waals surface area contributed by atoms with E-state index >= 15 is 0 Å². The number of phenols is 1. The fourth-order valence-corrected chi connectivity index (χ4v) is 3.65. The Labute approximate surface area is 180 Å². The fraction of sp³-hybridized carbons (Fsp3) is 0.259. The maximum absolute atomic E-state index is 9.92. The first-order chi connectivity index (χ1) is 14.6. The zero-order valence-corrected chi connectivity index (χ0v) is 17.8. The van der Waals surface area contributed by atoms with Crippen LogP contribution in [0, 0.1) is 0 Å². The van der Waals surface area contributed by atoms with Crippen molar-refractivity contribution in [3.8, 4) is 5.75 Å². The zero-order valence-electron chi connectivity index (χ0n) is 17.8. The summed E-state index contributed by atoms with van der Waals surface area (Å²) in [6.45, 7) is 8.69. The first kappa shape index (κ1) is 21.8. The van der Waals surface area contributed by atoms with Crippen molar-refractivity contribution in [2.75, 3.05) is 6.54 Å². The lowest BCUT2D eigenvalue weighted by Gasteiger charge is -2.32. The molecule has 0 aliphatic heterocycles. The molecule has 1 unspecified atom stereocenters. The van der Waals surface area contributed by atoms with Gasteiger partial charge >= 0.3 is 0 Å². The van der Waals surface area contributed by atoms with Gasteiger partial charge in [-0.05, 0) is 54.2 Å². The van der Waals surface area contributed by atoms with E-state index in [0.29, 0.717) is 5.75 Å². The number of nitrogens with one attached hydrogen (secondary N) is 2. The molecule has 0 amide bonds. The molecule has 156 valence electrons. The van der Waals surface area contributed by atoms with Gasteiger partial charge < -0.3 is 15.7 Å². The van der Waals surface area contributed by atoms with Gasteiger partial charge in [0.1, 0.15) is 5.75 Å². The molecule has 3 aromatic rings. The van der Waals surface area contributed by atoms with Gasteiger partial charge in [-0.1, -0.05) is 79.4 Å². The predicted octanol–water partition coefficient (Wildman–Crippen LogP) is 5.31. The Morgan fingerprint density at radius 1 is 0.900 bits per heavy atom. The number of rotatable bonds is 11. The van der Waals surface area contributed by atoms with Crippen LogP contribution in [0.3, 0.4) is 0 Å². The third-order valence-corrected chi connectivity index (χ3v) is 5.54. The molecule has 0 radical (unpaired) electrons. The summed E-state index contributed by atoms with van der Waals surface area (Å²) in [5, 5.41) is 17.3. The monoisotopic (exact) mass is 400 g/mol. The predicted molar refractivity (Wildman–Crippen MR) is 126 cm³/mol. The van der Waals surface area contributed by atoms with Crippen molar-refractivity contribution >= 4 is 6.08 Å². The van der Waals surface area contributed by atoms with Gasteiger partial charge in [0, 0.05) is 25.2 Å². The van der Waals surface area contributed by atoms with Crippen LogP contribution in [-0.4, -0.2) is 17.2 Å². The number of aryl methyl sites for hydroxylation is 1. The summed E-state index contributed by atoms with van der Waals surface area (Å²) < 4.78 is 0. The van der Waals surface area contributed by atoms with E-state index in [-0.39, 0.29) is 5.54 Å². The van der Waals surface area contributed by atoms with Crippen LogP contribution < -0.4 is 10.6 Å². The summed E-state index contributed by atoms with van der Waals surface area (Å²) in [5.74, 6) is 0.303. The maximum atomic E-state index is 9.92. The highest BCUT2D eigenvalue weighted by atomic mass is 16.3. The van der Waals surface area contributed by atoms with Crippen LogP contribution in [0.5, 0.6) is 5.75 Å². The second kappa shape index (κ2) is 10.8. The minimum absolute atomic E-state index is 0.103. The van der Waals surface area contributed by atoms with Crippen LogP contribution in [0.1, 0.15) is 35.6 Å². The van der Waals surface area contributed by atoms with Gasteiger partial charge in [-0.3, -0.25) is 0 Å². The average Bonchev–Trinajstić information content (AvgIpc) is 2.78. The third kappa shape index (κ3) is 6.58. The van der Waals surface area contributed by atoms with Gasteiger partial charge in [-0.2, -0.15) is 0 Å². The molecule has 0 fully saturated rings. The smallest absolute Gasteiger partial charge is 0.115 e. The molecule has 30 heavy (non-hydrogen) atoms. The first-order valence-electron chi connectivity index (χ1n) is 10.6. The van der Waals surface area contributed by atoms with Crippen molar-refractivity contribution in [1.82, 2.24) is 10.6 Å². The number of hydrogen-bond acceptors (Lipinski definition) is 3. The Morgan fingerprint density at radius 3 is 2.17 bits per heavy atom. The number of benzene rings is 3. The normalized spacial score (nSPS) is 13.0. The largest absolute Gasteiger partial charge is 0.508 e. The minimum atomic E-state index is -0.103. The Kier molecular flexibility index (Phi) is 7.83. The summed E-state index contributed by atoms with van der Waals surface area (Å²) in [4.78, 5) is 0. The highest BCUT2D eigenvalue weighted by Gasteiger charge is 2.23. The van der Waals surface area contributed by atoms with Crippen LogP contribution in [0.25, 0.3) is 6.08 Å². The molecule has 0 aromatic heterocycles. The van der Waals surface area contributed by atoms with E-state index in [1.807, 2.05) is 30.3 Å². The number of hydrogen-bond donors (Lipinski definition) is 3. The fourth-order valence-electron chi connectivity index (χ4n) is 3.65. The molecule has 3 N–H and O–H groups in total. The van der Waals surface area contributed by atoms with Gasteiger partial charge in [-0.25, -0.2) is 0 Å². The maximum Gasteiger partial charge on any atom is 0.115 e. The quantitative estimate of drug-likeness (QED) is 0.409. The second-order valence-electron chi connectivity index (χ2n) is 8.08. The van der Waals surface area contributed by atoms with E-state index in [4.69, 9.17) is 0 Å². The van der Waals surface area contributed by atoms with Crippen LogP contribution in [0.4, 0.5) is 0 Å². The SMILES string of the molecule is C=Cc1ccc(O)cc1CCC(C)(CNCc1ccccc1)NCc1ccccc1. The molecule has 0 aliphatic carbocycles. The molecule has 0 spiro atoms. The standard InChI is InChI=1S/C27H32N2O/c1-3-24-14-15-26(30)18-25(24)16-17-27(2,29-20-23-12-8-5-9-13-23)21-28-19-22-10-6-4-7-11-22/h3-15,18,28-30H,1,16-17,19-21H2,2H3. The highest BCUT2D eigenvalue weighted by molar-refractivity contribution is 5.54. The lowest BCUT2D eigenvalue weighted by molar-refractivity contribution is 0.310. The molecule has 0 bridgehead atoms. The summed E-state index contributed by atoms with van der Waals surface area (Å²) in [5.41, 5.74) is 4.66. The Balaban J connectivity index is 1.67. The van der Waals surface area contributed by atoms with Crippen LogP contribution >= 0.6 is 0 Å². The van der Waals surface area contributed by atoms with Gasteiger partial charge in [0.05, 0.1) is 0 Å². The molecule has 3 aromatic carbocycles. The molecule has 0 heterocycles. The second-order valence-corrected chi connectivity index (χ2v) is 8.08. The number of aromatic hydroxyl groups is 1. The third-order valence-electron chi connectivity index (χ3n) is 5.54.